The molecule has 0 aliphatic carbocycles. The lowest BCUT2D eigenvalue weighted by Crippen LogP contribution is -2.55. The summed E-state index contributed by atoms with van der Waals surface area (Å²) in [6.45, 7) is 4.17. The molecule has 23 heavy (non-hydrogen) atoms. The van der Waals surface area contributed by atoms with E-state index in [0.29, 0.717) is 39.2 Å². The first-order chi connectivity index (χ1) is 11.0. The van der Waals surface area contributed by atoms with Crippen molar-refractivity contribution in [3.8, 4) is 0 Å². The highest BCUT2D eigenvalue weighted by Gasteiger charge is 2.29. The second-order valence-electron chi connectivity index (χ2n) is 5.75. The second-order valence-corrected chi connectivity index (χ2v) is 5.75. The summed E-state index contributed by atoms with van der Waals surface area (Å²) in [6.07, 6.45) is -4.10. The Hall–Kier alpha value is -0.900. The fourth-order valence-electron chi connectivity index (χ4n) is 2.70. The molecule has 0 aromatic heterocycles. The smallest absolute Gasteiger partial charge is 0.372 e. The van der Waals surface area contributed by atoms with Crippen LogP contribution in [0.1, 0.15) is 6.42 Å². The summed E-state index contributed by atoms with van der Waals surface area (Å²) in [5.41, 5.74) is 0. The van der Waals surface area contributed by atoms with E-state index >= 15 is 0 Å². The molecule has 2 rings (SSSR count). The average molecular weight is 339 g/mol. The number of nitrogens with one attached hydrogen (secondary N) is 1. The maximum atomic E-state index is 12.3. The predicted octanol–water partition coefficient (Wildman–Crippen LogP) is 0.0880. The van der Waals surface area contributed by atoms with Crippen LogP contribution in [0.3, 0.4) is 0 Å². The number of rotatable bonds is 6. The molecule has 0 saturated carbocycles. The monoisotopic (exact) mass is 339 g/mol. The minimum atomic E-state index is -4.26. The Morgan fingerprint density at radius 3 is 2.61 bits per heavy atom. The number of amides is 1. The minimum Gasteiger partial charge on any atom is -0.372 e. The van der Waals surface area contributed by atoms with E-state index in [2.05, 4.69) is 15.0 Å². The third-order valence-electron chi connectivity index (χ3n) is 3.92. The summed E-state index contributed by atoms with van der Waals surface area (Å²) in [4.78, 5) is 16.2. The Labute approximate surface area is 133 Å². The van der Waals surface area contributed by atoms with Crippen molar-refractivity contribution in [2.45, 2.75) is 18.7 Å². The SMILES string of the molecule is O=C(C1CNCCO1)N1CCN(CCCOCC(F)(F)F)CC1. The highest BCUT2D eigenvalue weighted by molar-refractivity contribution is 5.81. The van der Waals surface area contributed by atoms with Gasteiger partial charge in [-0.3, -0.25) is 9.69 Å². The van der Waals surface area contributed by atoms with E-state index in [-0.39, 0.29) is 12.5 Å². The lowest BCUT2D eigenvalue weighted by Gasteiger charge is -2.37. The molecular formula is C14H24F3N3O3. The maximum absolute atomic E-state index is 12.3. The zero-order valence-corrected chi connectivity index (χ0v) is 13.1. The van der Waals surface area contributed by atoms with Gasteiger partial charge in [0, 0.05) is 52.4 Å². The summed E-state index contributed by atoms with van der Waals surface area (Å²) in [5, 5.41) is 3.14. The quantitative estimate of drug-likeness (QED) is 0.695. The highest BCUT2D eigenvalue weighted by atomic mass is 19.4. The third-order valence-corrected chi connectivity index (χ3v) is 3.92. The summed E-state index contributed by atoms with van der Waals surface area (Å²) in [6, 6.07) is 0. The van der Waals surface area contributed by atoms with Gasteiger partial charge in [0.2, 0.25) is 0 Å². The number of halogens is 3. The molecule has 2 aliphatic rings. The van der Waals surface area contributed by atoms with Crippen molar-refractivity contribution in [2.24, 2.45) is 0 Å². The van der Waals surface area contributed by atoms with Crippen LogP contribution in [-0.2, 0) is 14.3 Å². The van der Waals surface area contributed by atoms with Gasteiger partial charge in [0.05, 0.1) is 6.61 Å². The number of nitrogens with zero attached hydrogens (tertiary/aromatic N) is 2. The number of hydrogen-bond donors (Lipinski definition) is 1. The molecule has 2 fully saturated rings. The minimum absolute atomic E-state index is 0.0189. The number of ether oxygens (including phenoxy) is 2. The molecule has 0 radical (unpaired) electrons. The molecule has 0 bridgehead atoms. The molecule has 134 valence electrons. The van der Waals surface area contributed by atoms with E-state index in [0.717, 1.165) is 19.6 Å². The van der Waals surface area contributed by atoms with E-state index in [9.17, 15) is 18.0 Å². The van der Waals surface area contributed by atoms with Crippen LogP contribution < -0.4 is 5.32 Å². The predicted molar refractivity (Wildman–Crippen MR) is 77.1 cm³/mol. The molecule has 0 aromatic rings. The summed E-state index contributed by atoms with van der Waals surface area (Å²) >= 11 is 0. The molecule has 1 atom stereocenters. The number of hydrogen-bond acceptors (Lipinski definition) is 5. The van der Waals surface area contributed by atoms with Gasteiger partial charge in [-0.1, -0.05) is 0 Å². The van der Waals surface area contributed by atoms with Gasteiger partial charge >= 0.3 is 6.18 Å². The number of carbonyl (C=O) groups is 1. The normalized spacial score (nSPS) is 24.0. The first-order valence-corrected chi connectivity index (χ1v) is 7.94. The Morgan fingerprint density at radius 2 is 2.00 bits per heavy atom. The molecule has 2 aliphatic heterocycles. The van der Waals surface area contributed by atoms with E-state index in [1.807, 2.05) is 0 Å². The Kier molecular flexibility index (Phi) is 7.07. The van der Waals surface area contributed by atoms with Crippen LogP contribution in [0.25, 0.3) is 0 Å². The van der Waals surface area contributed by atoms with Gasteiger partial charge < -0.3 is 19.7 Å². The molecule has 1 N–H and O–H groups in total. The van der Waals surface area contributed by atoms with Crippen molar-refractivity contribution >= 4 is 5.91 Å². The maximum Gasteiger partial charge on any atom is 0.411 e. The van der Waals surface area contributed by atoms with Gasteiger partial charge in [0.15, 0.2) is 0 Å². The van der Waals surface area contributed by atoms with Crippen molar-refractivity contribution in [3.05, 3.63) is 0 Å². The van der Waals surface area contributed by atoms with Gasteiger partial charge in [-0.05, 0) is 6.42 Å². The standard InChI is InChI=1S/C14H24F3N3O3/c15-14(16,17)11-22-8-1-3-19-4-6-20(7-5-19)13(21)12-10-18-2-9-23-12/h12,18H,1-11H2. The van der Waals surface area contributed by atoms with Crippen LogP contribution in [0.5, 0.6) is 0 Å². The third kappa shape index (κ3) is 6.62. The molecule has 1 amide bonds. The fraction of sp³-hybridized carbons (Fsp3) is 0.929. The van der Waals surface area contributed by atoms with Crippen LogP contribution in [0, 0.1) is 0 Å². The second kappa shape index (κ2) is 8.81. The lowest BCUT2D eigenvalue weighted by atomic mass is 10.2. The zero-order valence-electron chi connectivity index (χ0n) is 13.1. The largest absolute Gasteiger partial charge is 0.411 e. The lowest BCUT2D eigenvalue weighted by molar-refractivity contribution is -0.174. The van der Waals surface area contributed by atoms with Gasteiger partial charge in [0.1, 0.15) is 12.7 Å². The van der Waals surface area contributed by atoms with E-state index in [4.69, 9.17) is 4.74 Å². The summed E-state index contributed by atoms with van der Waals surface area (Å²) in [7, 11) is 0. The Balaban J connectivity index is 1.57. The van der Waals surface area contributed by atoms with Crippen LogP contribution in [0.4, 0.5) is 13.2 Å². The van der Waals surface area contributed by atoms with Gasteiger partial charge in [-0.2, -0.15) is 13.2 Å². The Bertz CT molecular complexity index is 368. The van der Waals surface area contributed by atoms with Gasteiger partial charge in [-0.25, -0.2) is 0 Å². The molecule has 1 unspecified atom stereocenters. The van der Waals surface area contributed by atoms with Crippen LogP contribution in [0.2, 0.25) is 0 Å². The molecule has 9 heteroatoms. The van der Waals surface area contributed by atoms with Crippen LogP contribution >= 0.6 is 0 Å². The Morgan fingerprint density at radius 1 is 1.26 bits per heavy atom. The first-order valence-electron chi connectivity index (χ1n) is 7.94. The van der Waals surface area contributed by atoms with Crippen molar-refractivity contribution in [1.82, 2.24) is 15.1 Å². The molecule has 0 spiro atoms. The molecular weight excluding hydrogens is 315 g/mol. The van der Waals surface area contributed by atoms with Crippen LogP contribution in [-0.4, -0.2) is 93.6 Å². The van der Waals surface area contributed by atoms with Crippen molar-refractivity contribution < 1.29 is 27.4 Å². The number of piperazine rings is 1. The van der Waals surface area contributed by atoms with Crippen molar-refractivity contribution in [2.75, 3.05) is 65.6 Å². The molecule has 2 saturated heterocycles. The topological polar surface area (TPSA) is 54.0 Å². The molecule has 0 aromatic carbocycles. The first kappa shape index (κ1) is 18.4. The summed E-state index contributed by atoms with van der Waals surface area (Å²) in [5.74, 6) is 0.0189. The fourth-order valence-corrected chi connectivity index (χ4v) is 2.70. The van der Waals surface area contributed by atoms with E-state index < -0.39 is 18.9 Å². The van der Waals surface area contributed by atoms with E-state index in [1.165, 1.54) is 0 Å². The zero-order chi connectivity index (χ0) is 16.7. The molecule has 2 heterocycles. The number of alkyl halides is 3. The number of carbonyl (C=O) groups excluding carboxylic acids is 1. The van der Waals surface area contributed by atoms with Gasteiger partial charge in [0.25, 0.3) is 5.91 Å². The van der Waals surface area contributed by atoms with Gasteiger partial charge in [-0.15, -0.1) is 0 Å². The van der Waals surface area contributed by atoms with Crippen LogP contribution in [0.15, 0.2) is 0 Å². The van der Waals surface area contributed by atoms with E-state index in [1.54, 1.807) is 4.90 Å². The van der Waals surface area contributed by atoms with Crippen molar-refractivity contribution in [1.29, 1.82) is 0 Å². The van der Waals surface area contributed by atoms with Crippen molar-refractivity contribution in [3.63, 3.8) is 0 Å². The molecule has 6 nitrogen and oxygen atoms in total. The average Bonchev–Trinajstić information content (AvgIpc) is 2.54. The highest BCUT2D eigenvalue weighted by Crippen LogP contribution is 2.14. The summed E-state index contributed by atoms with van der Waals surface area (Å²) < 4.78 is 45.8. The number of morpholine rings is 1.